The monoisotopic (exact) mass is 664 g/mol. The van der Waals surface area contributed by atoms with Crippen molar-refractivity contribution >= 4 is 28.9 Å². The number of amides is 2. The molecule has 0 unspecified atom stereocenters. The van der Waals surface area contributed by atoms with E-state index in [2.05, 4.69) is 53.8 Å². The van der Waals surface area contributed by atoms with Crippen LogP contribution in [0.1, 0.15) is 86.1 Å². The summed E-state index contributed by atoms with van der Waals surface area (Å²) in [5.41, 5.74) is 11.7. The molecule has 1 heterocycles. The molecular weight excluding hydrogens is 616 g/mol. The lowest BCUT2D eigenvalue weighted by atomic mass is 9.99. The lowest BCUT2D eigenvalue weighted by molar-refractivity contribution is -0.253. The number of nitrogens with one attached hydrogen (secondary N) is 2. The van der Waals surface area contributed by atoms with Gasteiger partial charge in [-0.3, -0.25) is 14.5 Å². The van der Waals surface area contributed by atoms with E-state index in [1.165, 1.54) is 5.56 Å². The van der Waals surface area contributed by atoms with E-state index in [4.69, 9.17) is 15.2 Å². The van der Waals surface area contributed by atoms with Crippen molar-refractivity contribution in [2.24, 2.45) is 0 Å². The molecule has 9 heteroatoms. The molecule has 4 aromatic rings. The van der Waals surface area contributed by atoms with E-state index < -0.39 is 6.29 Å². The fourth-order valence-corrected chi connectivity index (χ4v) is 6.06. The number of nitrogen functional groups attached to an aromatic ring is 1. The van der Waals surface area contributed by atoms with Gasteiger partial charge in [-0.25, -0.2) is 0 Å². The number of benzene rings is 4. The average molecular weight is 665 g/mol. The summed E-state index contributed by atoms with van der Waals surface area (Å²) >= 11 is 0. The second kappa shape index (κ2) is 17.7. The first-order valence-electron chi connectivity index (χ1n) is 17.1. The summed E-state index contributed by atoms with van der Waals surface area (Å²) in [5, 5.41) is 15.4. The highest BCUT2D eigenvalue weighted by atomic mass is 16.7. The van der Waals surface area contributed by atoms with E-state index in [1.807, 2.05) is 66.7 Å². The number of nitrogens with two attached hydrogens (primary N) is 1. The molecule has 5 N–H and O–H groups in total. The summed E-state index contributed by atoms with van der Waals surface area (Å²) in [4.78, 5) is 27.4. The summed E-state index contributed by atoms with van der Waals surface area (Å²) in [5.74, 6) is -0.171. The highest BCUT2D eigenvalue weighted by Gasteiger charge is 2.33. The van der Waals surface area contributed by atoms with E-state index in [-0.39, 0.29) is 36.7 Å². The first-order chi connectivity index (χ1) is 23.8. The molecule has 1 aliphatic rings. The number of anilines is 3. The van der Waals surface area contributed by atoms with E-state index in [0.29, 0.717) is 55.7 Å². The molecule has 4 aromatic carbocycles. The van der Waals surface area contributed by atoms with Crippen LogP contribution in [0.4, 0.5) is 17.1 Å². The minimum Gasteiger partial charge on any atom is -0.397 e. The van der Waals surface area contributed by atoms with Gasteiger partial charge >= 0.3 is 0 Å². The number of aliphatic hydroxyl groups is 1. The van der Waals surface area contributed by atoms with E-state index in [1.54, 1.807) is 12.1 Å². The van der Waals surface area contributed by atoms with Gasteiger partial charge in [0.1, 0.15) is 0 Å². The maximum absolute atomic E-state index is 12.8. The summed E-state index contributed by atoms with van der Waals surface area (Å²) in [6.45, 7) is 2.89. The molecule has 0 bridgehead atoms. The number of rotatable bonds is 15. The van der Waals surface area contributed by atoms with Crippen molar-refractivity contribution in [2.45, 2.75) is 76.6 Å². The lowest BCUT2D eigenvalue weighted by Crippen LogP contribution is -2.38. The molecule has 2 amide bonds. The zero-order valence-corrected chi connectivity index (χ0v) is 28.4. The lowest BCUT2D eigenvalue weighted by Gasteiger charge is -2.39. The van der Waals surface area contributed by atoms with Crippen LogP contribution in [0.25, 0.3) is 0 Å². The normalized spacial score (nSPS) is 18.2. The van der Waals surface area contributed by atoms with Gasteiger partial charge in [-0.15, -0.1) is 0 Å². The minimum absolute atomic E-state index is 0.0112. The standard InChI is InChI=1S/C40H48N4O5/c1-28(30-12-5-3-6-13-30)44(2)26-34-25-37(31-22-20-29(27-45)21-23-31)49-40(48-34)32-14-11-15-33(24-32)42-38(46)18-7-4-8-19-39(47)43-36-17-10-9-16-35(36)41/h3,5-6,9-17,20-24,28,34,37,40,45H,4,7-8,18-19,25-27,41H2,1-2H3,(H,42,46)(H,43,47)/t28-,34+,37-,40-/m0/s1. The van der Waals surface area contributed by atoms with Gasteiger partial charge in [-0.2, -0.15) is 0 Å². The maximum Gasteiger partial charge on any atom is 0.224 e. The highest BCUT2D eigenvalue weighted by molar-refractivity contribution is 5.93. The van der Waals surface area contributed by atoms with Crippen LogP contribution in [0.5, 0.6) is 0 Å². The molecule has 0 aromatic heterocycles. The van der Waals surface area contributed by atoms with Gasteiger partial charge in [0.15, 0.2) is 6.29 Å². The fraction of sp³-hybridized carbons (Fsp3) is 0.350. The van der Waals surface area contributed by atoms with Crippen LogP contribution in [-0.2, 0) is 25.7 Å². The average Bonchev–Trinajstić information content (AvgIpc) is 3.12. The number of likely N-dealkylation sites (N-methyl/N-ethyl adjacent to an activating group) is 1. The molecule has 0 spiro atoms. The van der Waals surface area contributed by atoms with Gasteiger partial charge in [-0.05, 0) is 67.8 Å². The van der Waals surface area contributed by atoms with Crippen LogP contribution in [0, 0.1) is 0 Å². The Balaban J connectivity index is 1.17. The van der Waals surface area contributed by atoms with Crippen LogP contribution in [0.15, 0.2) is 103 Å². The molecule has 4 atom stereocenters. The van der Waals surface area contributed by atoms with Gasteiger partial charge in [-0.1, -0.05) is 85.3 Å². The smallest absolute Gasteiger partial charge is 0.224 e. The van der Waals surface area contributed by atoms with Crippen LogP contribution in [0.3, 0.4) is 0 Å². The van der Waals surface area contributed by atoms with E-state index in [9.17, 15) is 14.7 Å². The molecule has 0 aliphatic carbocycles. The molecule has 1 saturated heterocycles. The summed E-state index contributed by atoms with van der Waals surface area (Å²) < 4.78 is 13.1. The second-order valence-corrected chi connectivity index (χ2v) is 12.7. The Morgan fingerprint density at radius 2 is 1.53 bits per heavy atom. The van der Waals surface area contributed by atoms with Crippen molar-refractivity contribution in [3.05, 3.63) is 125 Å². The highest BCUT2D eigenvalue weighted by Crippen LogP contribution is 2.39. The number of ether oxygens (including phenoxy) is 2. The Hall–Kier alpha value is -4.54. The molecule has 5 rings (SSSR count). The molecule has 258 valence electrons. The zero-order valence-electron chi connectivity index (χ0n) is 28.4. The maximum atomic E-state index is 12.8. The predicted molar refractivity (Wildman–Crippen MR) is 194 cm³/mol. The third-order valence-electron chi connectivity index (χ3n) is 9.03. The second-order valence-electron chi connectivity index (χ2n) is 12.7. The molecule has 9 nitrogen and oxygen atoms in total. The largest absolute Gasteiger partial charge is 0.397 e. The van der Waals surface area contributed by atoms with E-state index in [0.717, 1.165) is 23.1 Å². The summed E-state index contributed by atoms with van der Waals surface area (Å²) in [6.07, 6.45) is 2.58. The zero-order chi connectivity index (χ0) is 34.6. The van der Waals surface area contributed by atoms with Crippen molar-refractivity contribution in [1.82, 2.24) is 4.90 Å². The number of carbonyl (C=O) groups is 2. The predicted octanol–water partition coefficient (Wildman–Crippen LogP) is 7.53. The van der Waals surface area contributed by atoms with Crippen LogP contribution >= 0.6 is 0 Å². The molecule has 0 saturated carbocycles. The molecule has 1 fully saturated rings. The van der Waals surface area contributed by atoms with Crippen molar-refractivity contribution in [2.75, 3.05) is 30.0 Å². The number of aliphatic hydroxyl groups excluding tert-OH is 1. The molecule has 1 aliphatic heterocycles. The number of hydrogen-bond acceptors (Lipinski definition) is 7. The number of nitrogens with zero attached hydrogens (tertiary/aromatic N) is 1. The van der Waals surface area contributed by atoms with Gasteiger partial charge in [0.05, 0.1) is 30.2 Å². The Bertz CT molecular complexity index is 1650. The van der Waals surface area contributed by atoms with Crippen molar-refractivity contribution < 1.29 is 24.2 Å². The number of para-hydroxylation sites is 2. The van der Waals surface area contributed by atoms with Gasteiger partial charge in [0, 0.05) is 43.1 Å². The Kier molecular flexibility index (Phi) is 12.9. The Morgan fingerprint density at radius 1 is 0.837 bits per heavy atom. The SMILES string of the molecule is C[C@@H](c1ccccc1)N(C)C[C@H]1C[C@@H](c2ccc(CO)cc2)O[C@@H](c2cccc(NC(=O)CCCCCC(=O)Nc3ccccc3N)c2)O1. The number of hydrogen-bond donors (Lipinski definition) is 4. The van der Waals surface area contributed by atoms with Crippen LogP contribution < -0.4 is 16.4 Å². The summed E-state index contributed by atoms with van der Waals surface area (Å²) in [7, 11) is 2.11. The number of carbonyl (C=O) groups excluding carboxylic acids is 2. The van der Waals surface area contributed by atoms with Crippen LogP contribution in [0.2, 0.25) is 0 Å². The third kappa shape index (κ3) is 10.5. The van der Waals surface area contributed by atoms with Crippen LogP contribution in [-0.4, -0.2) is 41.5 Å². The summed E-state index contributed by atoms with van der Waals surface area (Å²) in [6, 6.07) is 33.3. The molecule has 49 heavy (non-hydrogen) atoms. The molecule has 0 radical (unpaired) electrons. The third-order valence-corrected chi connectivity index (χ3v) is 9.03. The minimum atomic E-state index is -0.629. The van der Waals surface area contributed by atoms with Crippen molar-refractivity contribution in [3.63, 3.8) is 0 Å². The van der Waals surface area contributed by atoms with E-state index >= 15 is 0 Å². The van der Waals surface area contributed by atoms with Gasteiger partial charge < -0.3 is 30.9 Å². The Morgan fingerprint density at radius 3 is 2.24 bits per heavy atom. The quantitative estimate of drug-likeness (QED) is 0.0765. The van der Waals surface area contributed by atoms with Crippen molar-refractivity contribution in [1.29, 1.82) is 0 Å². The number of unbranched alkanes of at least 4 members (excludes halogenated alkanes) is 2. The topological polar surface area (TPSA) is 126 Å². The fourth-order valence-electron chi connectivity index (χ4n) is 6.06. The first kappa shape index (κ1) is 35.8. The first-order valence-corrected chi connectivity index (χ1v) is 17.1. The Labute approximate surface area is 289 Å². The van der Waals surface area contributed by atoms with Gasteiger partial charge in [0.25, 0.3) is 0 Å². The van der Waals surface area contributed by atoms with Crippen molar-refractivity contribution in [3.8, 4) is 0 Å². The molecular formula is C40H48N4O5. The van der Waals surface area contributed by atoms with Gasteiger partial charge in [0.2, 0.25) is 11.8 Å².